The third-order valence-electron chi connectivity index (χ3n) is 3.59. The molecule has 0 spiro atoms. The van der Waals surface area contributed by atoms with E-state index >= 15 is 0 Å². The number of carbonyl (C=O) groups is 2. The van der Waals surface area contributed by atoms with Crippen molar-refractivity contribution in [3.05, 3.63) is 49.3 Å². The molecule has 4 nitrogen and oxygen atoms in total. The summed E-state index contributed by atoms with van der Waals surface area (Å²) in [4.78, 5) is 29.9. The highest BCUT2D eigenvalue weighted by molar-refractivity contribution is 9.11. The largest absolute Gasteiger partial charge is 0.336 e. The zero-order valence-electron chi connectivity index (χ0n) is 12.3. The fourth-order valence-corrected chi connectivity index (χ4v) is 4.38. The van der Waals surface area contributed by atoms with Crippen LogP contribution in [-0.4, -0.2) is 47.8 Å². The van der Waals surface area contributed by atoms with Crippen molar-refractivity contribution >= 4 is 56.5 Å². The van der Waals surface area contributed by atoms with Crippen LogP contribution in [0.5, 0.6) is 0 Å². The topological polar surface area (TPSA) is 40.6 Å². The number of hydrogen-bond acceptors (Lipinski definition) is 4. The Morgan fingerprint density at radius 1 is 1.09 bits per heavy atom. The molecule has 1 aliphatic rings. The van der Waals surface area contributed by atoms with Gasteiger partial charge < -0.3 is 9.80 Å². The lowest BCUT2D eigenvalue weighted by Crippen LogP contribution is -2.50. The van der Waals surface area contributed by atoms with Gasteiger partial charge in [0.2, 0.25) is 5.91 Å². The Bertz CT molecular complexity index is 716. The Morgan fingerprint density at radius 2 is 1.83 bits per heavy atom. The van der Waals surface area contributed by atoms with Gasteiger partial charge in [-0.25, -0.2) is 0 Å². The van der Waals surface area contributed by atoms with E-state index in [1.807, 2.05) is 40.6 Å². The minimum atomic E-state index is -0.00209. The van der Waals surface area contributed by atoms with Crippen molar-refractivity contribution in [3.63, 3.8) is 0 Å². The van der Waals surface area contributed by atoms with E-state index in [1.54, 1.807) is 22.3 Å². The summed E-state index contributed by atoms with van der Waals surface area (Å²) in [6, 6.07) is 7.65. The summed E-state index contributed by atoms with van der Waals surface area (Å²) in [6.07, 6.45) is 3.44. The van der Waals surface area contributed by atoms with E-state index in [0.29, 0.717) is 26.2 Å². The van der Waals surface area contributed by atoms with Crippen LogP contribution in [0.15, 0.2) is 39.5 Å². The first-order chi connectivity index (χ1) is 11.1. The number of halogens is 1. The molecule has 2 aromatic heterocycles. The van der Waals surface area contributed by atoms with Crippen LogP contribution in [0.25, 0.3) is 6.08 Å². The average molecular weight is 411 g/mol. The summed E-state index contributed by atoms with van der Waals surface area (Å²) in [5, 5.41) is 1.90. The lowest BCUT2D eigenvalue weighted by atomic mass is 10.2. The molecule has 0 saturated carbocycles. The Labute approximate surface area is 151 Å². The maximum atomic E-state index is 12.3. The van der Waals surface area contributed by atoms with Crippen molar-refractivity contribution in [1.82, 2.24) is 9.80 Å². The van der Waals surface area contributed by atoms with Crippen LogP contribution in [0.1, 0.15) is 14.5 Å². The highest BCUT2D eigenvalue weighted by Gasteiger charge is 2.24. The van der Waals surface area contributed by atoms with E-state index in [1.165, 1.54) is 11.3 Å². The molecule has 1 saturated heterocycles. The molecule has 2 amide bonds. The Morgan fingerprint density at radius 3 is 2.43 bits per heavy atom. The third-order valence-corrected chi connectivity index (χ3v) is 6.04. The first-order valence-electron chi connectivity index (χ1n) is 7.18. The van der Waals surface area contributed by atoms with Gasteiger partial charge in [-0.1, -0.05) is 6.07 Å². The molecule has 1 aliphatic heterocycles. The molecular weight excluding hydrogens is 396 g/mol. The van der Waals surface area contributed by atoms with E-state index < -0.39 is 0 Å². The van der Waals surface area contributed by atoms with Crippen LogP contribution in [0, 0.1) is 0 Å². The first kappa shape index (κ1) is 16.4. The van der Waals surface area contributed by atoms with Crippen LogP contribution >= 0.6 is 38.6 Å². The molecule has 3 rings (SSSR count). The van der Waals surface area contributed by atoms with Crippen molar-refractivity contribution < 1.29 is 9.59 Å². The van der Waals surface area contributed by atoms with Gasteiger partial charge in [0, 0.05) is 37.1 Å². The fraction of sp³-hybridized carbons (Fsp3) is 0.250. The molecule has 23 heavy (non-hydrogen) atoms. The number of carbonyl (C=O) groups excluding carboxylic acids is 2. The highest BCUT2D eigenvalue weighted by atomic mass is 79.9. The molecule has 1 fully saturated rings. The fourth-order valence-electron chi connectivity index (χ4n) is 2.36. The van der Waals surface area contributed by atoms with Gasteiger partial charge in [-0.3, -0.25) is 9.59 Å². The molecular formula is C16H15BrN2O2S2. The van der Waals surface area contributed by atoms with Crippen LogP contribution in [0.3, 0.4) is 0 Å². The van der Waals surface area contributed by atoms with Gasteiger partial charge in [0.1, 0.15) is 0 Å². The van der Waals surface area contributed by atoms with Gasteiger partial charge in [0.05, 0.1) is 8.66 Å². The normalized spacial score (nSPS) is 15.3. The van der Waals surface area contributed by atoms with Crippen molar-refractivity contribution in [2.45, 2.75) is 0 Å². The minimum Gasteiger partial charge on any atom is -0.336 e. The number of nitrogens with zero attached hydrogens (tertiary/aromatic N) is 2. The summed E-state index contributed by atoms with van der Waals surface area (Å²) < 4.78 is 1.05. The number of thiophene rings is 2. The molecule has 0 radical (unpaired) electrons. The second kappa shape index (κ2) is 7.42. The molecule has 7 heteroatoms. The number of piperazine rings is 1. The predicted octanol–water partition coefficient (Wildman–Crippen LogP) is 3.57. The van der Waals surface area contributed by atoms with E-state index in [4.69, 9.17) is 0 Å². The minimum absolute atomic E-state index is 0.00209. The molecule has 0 aromatic carbocycles. The zero-order chi connectivity index (χ0) is 16.2. The van der Waals surface area contributed by atoms with Crippen molar-refractivity contribution in [2.24, 2.45) is 0 Å². The van der Waals surface area contributed by atoms with E-state index in [0.717, 1.165) is 13.5 Å². The maximum Gasteiger partial charge on any atom is 0.264 e. The summed E-state index contributed by atoms with van der Waals surface area (Å²) in [5.74, 6) is 0.0591. The van der Waals surface area contributed by atoms with Gasteiger partial charge in [-0.15, -0.1) is 22.7 Å². The molecule has 0 aliphatic carbocycles. The Balaban J connectivity index is 1.53. The van der Waals surface area contributed by atoms with Crippen molar-refractivity contribution in [3.8, 4) is 0 Å². The number of hydrogen-bond donors (Lipinski definition) is 0. The smallest absolute Gasteiger partial charge is 0.264 e. The van der Waals surface area contributed by atoms with Crippen LogP contribution in [-0.2, 0) is 4.79 Å². The molecule has 2 aromatic rings. The standard InChI is InChI=1S/C16H15BrN2O2S2/c17-14-5-3-12(23-14)4-6-15(20)18-7-9-19(10-8-18)16(21)13-2-1-11-22-13/h1-6,11H,7-10H2/b6-4+. The van der Waals surface area contributed by atoms with E-state index in [2.05, 4.69) is 15.9 Å². The average Bonchev–Trinajstić information content (AvgIpc) is 3.24. The first-order valence-corrected chi connectivity index (χ1v) is 9.67. The SMILES string of the molecule is O=C(/C=C/c1ccc(Br)s1)N1CCN(C(=O)c2cccs2)CC1. The summed E-state index contributed by atoms with van der Waals surface area (Å²) in [7, 11) is 0. The molecule has 120 valence electrons. The third kappa shape index (κ3) is 4.10. The van der Waals surface area contributed by atoms with Crippen LogP contribution in [0.4, 0.5) is 0 Å². The van der Waals surface area contributed by atoms with Gasteiger partial charge in [0.25, 0.3) is 5.91 Å². The monoisotopic (exact) mass is 410 g/mol. The van der Waals surface area contributed by atoms with Crippen LogP contribution < -0.4 is 0 Å². The Hall–Kier alpha value is -1.44. The quantitative estimate of drug-likeness (QED) is 0.725. The molecule has 0 bridgehead atoms. The maximum absolute atomic E-state index is 12.3. The summed E-state index contributed by atoms with van der Waals surface area (Å²) in [5.41, 5.74) is 0. The van der Waals surface area contributed by atoms with Gasteiger partial charge in [-0.05, 0) is 45.6 Å². The lowest BCUT2D eigenvalue weighted by Gasteiger charge is -2.34. The molecule has 3 heterocycles. The molecule has 0 atom stereocenters. The predicted molar refractivity (Wildman–Crippen MR) is 97.9 cm³/mol. The Kier molecular flexibility index (Phi) is 5.30. The van der Waals surface area contributed by atoms with Crippen molar-refractivity contribution in [2.75, 3.05) is 26.2 Å². The summed E-state index contributed by atoms with van der Waals surface area (Å²) >= 11 is 6.45. The molecule has 0 N–H and O–H groups in total. The second-order valence-corrected chi connectivity index (χ2v) is 8.51. The zero-order valence-corrected chi connectivity index (χ0v) is 15.5. The van der Waals surface area contributed by atoms with Gasteiger partial charge in [-0.2, -0.15) is 0 Å². The number of rotatable bonds is 3. The van der Waals surface area contributed by atoms with Gasteiger partial charge in [0.15, 0.2) is 0 Å². The van der Waals surface area contributed by atoms with E-state index in [9.17, 15) is 9.59 Å². The highest BCUT2D eigenvalue weighted by Crippen LogP contribution is 2.23. The van der Waals surface area contributed by atoms with Crippen LogP contribution in [0.2, 0.25) is 0 Å². The second-order valence-electron chi connectivity index (χ2n) is 5.07. The van der Waals surface area contributed by atoms with E-state index in [-0.39, 0.29) is 11.8 Å². The lowest BCUT2D eigenvalue weighted by molar-refractivity contribution is -0.127. The van der Waals surface area contributed by atoms with Crippen molar-refractivity contribution in [1.29, 1.82) is 0 Å². The number of amides is 2. The summed E-state index contributed by atoms with van der Waals surface area (Å²) in [6.45, 7) is 2.32. The molecule has 0 unspecified atom stereocenters. The van der Waals surface area contributed by atoms with Gasteiger partial charge >= 0.3 is 0 Å².